The van der Waals surface area contributed by atoms with Gasteiger partial charge in [-0.25, -0.2) is 4.39 Å². The first-order chi connectivity index (χ1) is 13.6. The molecule has 0 amide bonds. The summed E-state index contributed by atoms with van der Waals surface area (Å²) in [5.41, 5.74) is 4.33. The highest BCUT2D eigenvalue weighted by molar-refractivity contribution is 6.31. The summed E-state index contributed by atoms with van der Waals surface area (Å²) in [5.74, 6) is -0.155. The van der Waals surface area contributed by atoms with Gasteiger partial charge in [0.25, 0.3) is 0 Å². The lowest BCUT2D eigenvalue weighted by atomic mass is 10.1. The molecular weight excluding hydrogens is 371 g/mol. The van der Waals surface area contributed by atoms with Crippen LogP contribution in [0.3, 0.4) is 0 Å². The Labute approximate surface area is 171 Å². The normalized spacial score (nSPS) is 17.9. The van der Waals surface area contributed by atoms with Gasteiger partial charge >= 0.3 is 0 Å². The van der Waals surface area contributed by atoms with Crippen molar-refractivity contribution in [1.82, 2.24) is 9.80 Å². The third kappa shape index (κ3) is 4.12. The Bertz CT molecular complexity index is 941. The van der Waals surface area contributed by atoms with Crippen LogP contribution in [0.2, 0.25) is 5.02 Å². The van der Waals surface area contributed by atoms with E-state index in [1.54, 1.807) is 6.07 Å². The third-order valence-corrected chi connectivity index (χ3v) is 5.73. The van der Waals surface area contributed by atoms with Crippen LogP contribution >= 0.6 is 11.6 Å². The molecule has 1 saturated heterocycles. The Balaban J connectivity index is 1.64. The molecule has 1 fully saturated rings. The lowest BCUT2D eigenvalue weighted by molar-refractivity contribution is 0.125. The van der Waals surface area contributed by atoms with Gasteiger partial charge in [0.05, 0.1) is 6.17 Å². The summed E-state index contributed by atoms with van der Waals surface area (Å²) in [4.78, 5) is 4.74. The van der Waals surface area contributed by atoms with Crippen LogP contribution < -0.4 is 0 Å². The van der Waals surface area contributed by atoms with Crippen molar-refractivity contribution < 1.29 is 4.39 Å². The molecule has 0 saturated carbocycles. The molecule has 1 aliphatic rings. The average Bonchev–Trinajstić information content (AvgIpc) is 3.08. The molecule has 0 aliphatic carbocycles. The molecule has 3 aromatic carbocycles. The molecule has 0 aromatic heterocycles. The molecule has 1 heterocycles. The lowest BCUT2D eigenvalue weighted by Gasteiger charge is -2.31. The second-order valence-electron chi connectivity index (χ2n) is 7.41. The fraction of sp³-hybridized carbons (Fsp3) is 0.250. The van der Waals surface area contributed by atoms with Crippen molar-refractivity contribution in [3.8, 4) is 0 Å². The van der Waals surface area contributed by atoms with Gasteiger partial charge < -0.3 is 0 Å². The first-order valence-electron chi connectivity index (χ1n) is 9.63. The minimum atomic E-state index is -0.155. The van der Waals surface area contributed by atoms with Crippen molar-refractivity contribution >= 4 is 11.6 Å². The summed E-state index contributed by atoms with van der Waals surface area (Å²) in [6.07, 6.45) is 0.0228. The zero-order chi connectivity index (χ0) is 19.5. The van der Waals surface area contributed by atoms with E-state index in [0.717, 1.165) is 35.8 Å². The second kappa shape index (κ2) is 8.44. The minimum absolute atomic E-state index is 0.0228. The maximum absolute atomic E-state index is 14.3. The van der Waals surface area contributed by atoms with E-state index in [1.807, 2.05) is 30.3 Å². The Kier molecular flexibility index (Phi) is 5.77. The zero-order valence-electron chi connectivity index (χ0n) is 16.0. The van der Waals surface area contributed by atoms with Gasteiger partial charge in [-0.1, -0.05) is 77.8 Å². The summed E-state index contributed by atoms with van der Waals surface area (Å²) < 4.78 is 14.3. The minimum Gasteiger partial charge on any atom is -0.278 e. The van der Waals surface area contributed by atoms with E-state index in [9.17, 15) is 4.39 Å². The molecular formula is C24H24ClFN2. The van der Waals surface area contributed by atoms with E-state index in [0.29, 0.717) is 6.54 Å². The smallest absolute Gasteiger partial charge is 0.127 e. The van der Waals surface area contributed by atoms with Crippen LogP contribution in [-0.4, -0.2) is 22.9 Å². The number of benzene rings is 3. The Hall–Kier alpha value is -2.20. The molecule has 0 radical (unpaired) electrons. The van der Waals surface area contributed by atoms with Gasteiger partial charge in [0.1, 0.15) is 5.82 Å². The monoisotopic (exact) mass is 394 g/mol. The largest absolute Gasteiger partial charge is 0.278 e. The highest BCUT2D eigenvalue weighted by Gasteiger charge is 2.34. The van der Waals surface area contributed by atoms with Gasteiger partial charge in [-0.15, -0.1) is 0 Å². The fourth-order valence-electron chi connectivity index (χ4n) is 3.91. The second-order valence-corrected chi connectivity index (χ2v) is 7.82. The summed E-state index contributed by atoms with van der Waals surface area (Å²) in [6.45, 7) is 5.29. The van der Waals surface area contributed by atoms with Crippen LogP contribution in [0.25, 0.3) is 0 Å². The molecule has 1 aliphatic heterocycles. The van der Waals surface area contributed by atoms with E-state index in [-0.39, 0.29) is 12.0 Å². The fourth-order valence-corrected chi connectivity index (χ4v) is 4.15. The SMILES string of the molecule is Cc1ccc(CN2CCN(Cc3ccccc3F)C2c2ccccc2Cl)cc1. The zero-order valence-corrected chi connectivity index (χ0v) is 16.7. The lowest BCUT2D eigenvalue weighted by Crippen LogP contribution is -2.31. The van der Waals surface area contributed by atoms with Crippen LogP contribution in [0.5, 0.6) is 0 Å². The van der Waals surface area contributed by atoms with Crippen molar-refractivity contribution in [2.45, 2.75) is 26.2 Å². The van der Waals surface area contributed by atoms with Crippen molar-refractivity contribution in [2.75, 3.05) is 13.1 Å². The average molecular weight is 395 g/mol. The Morgan fingerprint density at radius 3 is 2.21 bits per heavy atom. The number of halogens is 2. The van der Waals surface area contributed by atoms with Crippen LogP contribution in [0.4, 0.5) is 4.39 Å². The Morgan fingerprint density at radius 1 is 0.857 bits per heavy atom. The summed E-state index contributed by atoms with van der Waals surface area (Å²) in [5, 5.41) is 0.752. The van der Waals surface area contributed by atoms with Gasteiger partial charge in [-0.2, -0.15) is 0 Å². The van der Waals surface area contributed by atoms with Crippen LogP contribution in [-0.2, 0) is 13.1 Å². The molecule has 28 heavy (non-hydrogen) atoms. The summed E-state index contributed by atoms with van der Waals surface area (Å²) >= 11 is 6.57. The van der Waals surface area contributed by atoms with Crippen molar-refractivity contribution in [1.29, 1.82) is 0 Å². The molecule has 1 atom stereocenters. The third-order valence-electron chi connectivity index (χ3n) is 5.39. The predicted octanol–water partition coefficient (Wildman–Crippen LogP) is 5.80. The maximum Gasteiger partial charge on any atom is 0.127 e. The standard InChI is InChI=1S/C24H24ClFN2/c1-18-10-12-19(13-11-18)16-27-14-15-28(17-20-6-2-5-9-23(20)26)24(27)21-7-3-4-8-22(21)25/h2-13,24H,14-17H2,1H3. The predicted molar refractivity (Wildman–Crippen MR) is 113 cm³/mol. The van der Waals surface area contributed by atoms with E-state index < -0.39 is 0 Å². The maximum atomic E-state index is 14.3. The number of nitrogens with zero attached hydrogens (tertiary/aromatic N) is 2. The highest BCUT2D eigenvalue weighted by atomic mass is 35.5. The van der Waals surface area contributed by atoms with Gasteiger partial charge in [0.2, 0.25) is 0 Å². The first kappa shape index (κ1) is 19.1. The van der Waals surface area contributed by atoms with E-state index in [4.69, 9.17) is 11.6 Å². The Morgan fingerprint density at radius 2 is 1.50 bits per heavy atom. The van der Waals surface area contributed by atoms with Gasteiger partial charge in [0.15, 0.2) is 0 Å². The molecule has 0 spiro atoms. The van der Waals surface area contributed by atoms with Crippen LogP contribution in [0, 0.1) is 12.7 Å². The van der Waals surface area contributed by atoms with Gasteiger partial charge in [0, 0.05) is 42.3 Å². The molecule has 4 rings (SSSR count). The van der Waals surface area contributed by atoms with Crippen molar-refractivity contribution in [3.05, 3.63) is 106 Å². The summed E-state index contributed by atoms with van der Waals surface area (Å²) in [6, 6.07) is 23.6. The van der Waals surface area contributed by atoms with E-state index in [1.165, 1.54) is 17.2 Å². The molecule has 4 heteroatoms. The van der Waals surface area contributed by atoms with Crippen LogP contribution in [0.1, 0.15) is 28.4 Å². The van der Waals surface area contributed by atoms with E-state index >= 15 is 0 Å². The number of hydrogen-bond donors (Lipinski definition) is 0. The number of hydrogen-bond acceptors (Lipinski definition) is 2. The topological polar surface area (TPSA) is 6.48 Å². The highest BCUT2D eigenvalue weighted by Crippen LogP contribution is 2.36. The first-order valence-corrected chi connectivity index (χ1v) is 10.0. The summed E-state index contributed by atoms with van der Waals surface area (Å²) in [7, 11) is 0. The molecule has 3 aromatic rings. The number of rotatable bonds is 5. The van der Waals surface area contributed by atoms with Crippen LogP contribution in [0.15, 0.2) is 72.8 Å². The quantitative estimate of drug-likeness (QED) is 0.539. The number of aryl methyl sites for hydroxylation is 1. The van der Waals surface area contributed by atoms with Crippen molar-refractivity contribution in [3.63, 3.8) is 0 Å². The van der Waals surface area contributed by atoms with E-state index in [2.05, 4.69) is 47.1 Å². The molecule has 2 nitrogen and oxygen atoms in total. The molecule has 0 bridgehead atoms. The molecule has 1 unspecified atom stereocenters. The molecule has 144 valence electrons. The van der Waals surface area contributed by atoms with Gasteiger partial charge in [-0.3, -0.25) is 9.80 Å². The van der Waals surface area contributed by atoms with Gasteiger partial charge in [-0.05, 0) is 24.6 Å². The van der Waals surface area contributed by atoms with Crippen molar-refractivity contribution in [2.24, 2.45) is 0 Å². The molecule has 0 N–H and O–H groups in total.